The summed E-state index contributed by atoms with van der Waals surface area (Å²) in [6.45, 7) is 3.63. The van der Waals surface area contributed by atoms with Crippen LogP contribution in [0.15, 0.2) is 65.4 Å². The number of fused-ring (bicyclic) bond motifs is 1. The average molecular weight is 535 g/mol. The molecule has 1 saturated heterocycles. The normalized spacial score (nSPS) is 17.1. The van der Waals surface area contributed by atoms with E-state index in [1.165, 1.54) is 35.2 Å². The Hall–Kier alpha value is -5.13. The number of rotatable bonds is 4. The lowest BCUT2D eigenvalue weighted by Gasteiger charge is -2.19. The van der Waals surface area contributed by atoms with Gasteiger partial charge in [0.2, 0.25) is 0 Å². The molecule has 0 aromatic heterocycles. The molecule has 2 aliphatic heterocycles. The number of urea groups is 1. The topological polar surface area (TPSA) is 123 Å². The molecule has 12 heteroatoms. The number of nitrogens with one attached hydrogen (secondary N) is 3. The fourth-order valence-corrected chi connectivity index (χ4v) is 4.37. The zero-order valence-electron chi connectivity index (χ0n) is 20.5. The molecule has 0 radical (unpaired) electrons. The molecule has 2 heterocycles. The quantitative estimate of drug-likeness (QED) is 0.167. The van der Waals surface area contributed by atoms with Crippen LogP contribution in [-0.4, -0.2) is 28.7 Å². The van der Waals surface area contributed by atoms with Crippen molar-refractivity contribution >= 4 is 46.7 Å². The molecule has 3 aromatic rings. The van der Waals surface area contributed by atoms with Crippen LogP contribution < -0.4 is 21.0 Å². The van der Waals surface area contributed by atoms with Crippen LogP contribution in [0.4, 0.5) is 35.0 Å². The number of nitrogens with zero attached hydrogens (tertiary/aromatic N) is 2. The standard InChI is InChI=1S/C27H20F3N5O4/c1-13-7-14(2)9-17(8-13)35-21-12-16(27(28,29)30)4-5-18(21)23(25(35)38)34-33-19-6-3-15(11-22(19)36)10-20-24(37)32-26(39)31-20/h3-12,33,36H,1-2H3,(H2,31,32,37,39). The molecule has 0 bridgehead atoms. The van der Waals surface area contributed by atoms with Crippen molar-refractivity contribution in [3.63, 3.8) is 0 Å². The fraction of sp³-hybridized carbons (Fsp3) is 0.111. The second-order valence-electron chi connectivity index (χ2n) is 9.03. The summed E-state index contributed by atoms with van der Waals surface area (Å²) < 4.78 is 40.5. The highest BCUT2D eigenvalue weighted by molar-refractivity contribution is 6.55. The van der Waals surface area contributed by atoms with Crippen molar-refractivity contribution in [2.24, 2.45) is 5.10 Å². The van der Waals surface area contributed by atoms with Crippen molar-refractivity contribution in [2.45, 2.75) is 20.0 Å². The molecule has 0 unspecified atom stereocenters. The van der Waals surface area contributed by atoms with E-state index in [1.54, 1.807) is 12.1 Å². The summed E-state index contributed by atoms with van der Waals surface area (Å²) in [7, 11) is 0. The van der Waals surface area contributed by atoms with Gasteiger partial charge in [-0.25, -0.2) is 4.79 Å². The third-order valence-corrected chi connectivity index (χ3v) is 6.03. The van der Waals surface area contributed by atoms with E-state index in [1.807, 2.05) is 19.9 Å². The lowest BCUT2D eigenvalue weighted by atomic mass is 10.1. The van der Waals surface area contributed by atoms with E-state index in [0.717, 1.165) is 23.3 Å². The summed E-state index contributed by atoms with van der Waals surface area (Å²) in [5.41, 5.74) is 4.28. The predicted octanol–water partition coefficient (Wildman–Crippen LogP) is 4.70. The van der Waals surface area contributed by atoms with Gasteiger partial charge in [0.1, 0.15) is 11.4 Å². The molecule has 0 aliphatic carbocycles. The van der Waals surface area contributed by atoms with Gasteiger partial charge in [0.25, 0.3) is 11.8 Å². The number of phenolic OH excluding ortho intramolecular Hbond substituents is 1. The van der Waals surface area contributed by atoms with Crippen LogP contribution in [0.25, 0.3) is 6.08 Å². The Kier molecular flexibility index (Phi) is 6.09. The number of halogens is 3. The van der Waals surface area contributed by atoms with E-state index < -0.39 is 29.6 Å². The van der Waals surface area contributed by atoms with E-state index in [4.69, 9.17) is 0 Å². The Balaban J connectivity index is 1.50. The molecule has 2 aliphatic rings. The van der Waals surface area contributed by atoms with Gasteiger partial charge in [-0.1, -0.05) is 12.1 Å². The number of carbonyl (C=O) groups is 3. The summed E-state index contributed by atoms with van der Waals surface area (Å²) in [6, 6.07) is 11.8. The van der Waals surface area contributed by atoms with Gasteiger partial charge in [0.15, 0.2) is 5.71 Å². The smallest absolute Gasteiger partial charge is 0.416 e. The minimum Gasteiger partial charge on any atom is -0.506 e. The highest BCUT2D eigenvalue weighted by Crippen LogP contribution is 2.41. The number of amides is 4. The predicted molar refractivity (Wildman–Crippen MR) is 137 cm³/mol. The Bertz CT molecular complexity index is 1610. The van der Waals surface area contributed by atoms with Gasteiger partial charge < -0.3 is 10.4 Å². The van der Waals surface area contributed by atoms with Crippen LogP contribution in [-0.2, 0) is 15.8 Å². The molecule has 3 aromatic carbocycles. The maximum absolute atomic E-state index is 13.5. The highest BCUT2D eigenvalue weighted by atomic mass is 19.4. The molecule has 9 nitrogen and oxygen atoms in total. The number of imide groups is 1. The van der Waals surface area contributed by atoms with Crippen molar-refractivity contribution < 1.29 is 32.7 Å². The number of hydrazone groups is 1. The van der Waals surface area contributed by atoms with Crippen LogP contribution >= 0.6 is 0 Å². The molecule has 4 N–H and O–H groups in total. The van der Waals surface area contributed by atoms with Crippen molar-refractivity contribution in [1.29, 1.82) is 0 Å². The van der Waals surface area contributed by atoms with Gasteiger partial charge in [0, 0.05) is 11.3 Å². The van der Waals surface area contributed by atoms with Crippen LogP contribution in [0, 0.1) is 13.8 Å². The Morgan fingerprint density at radius 1 is 0.949 bits per heavy atom. The number of aryl methyl sites for hydroxylation is 2. The Morgan fingerprint density at radius 2 is 1.67 bits per heavy atom. The van der Waals surface area contributed by atoms with E-state index in [9.17, 15) is 32.7 Å². The summed E-state index contributed by atoms with van der Waals surface area (Å²) in [5, 5.41) is 19.0. The largest absolute Gasteiger partial charge is 0.506 e. The summed E-state index contributed by atoms with van der Waals surface area (Å²) in [6.07, 6.45) is -3.26. The van der Waals surface area contributed by atoms with Crippen LogP contribution in [0.5, 0.6) is 5.75 Å². The number of carbonyl (C=O) groups excluding carboxylic acids is 3. The Labute approximate surface area is 219 Å². The molecular formula is C27H20F3N5O4. The van der Waals surface area contributed by atoms with Crippen LogP contribution in [0.2, 0.25) is 0 Å². The molecular weight excluding hydrogens is 515 g/mol. The molecule has 39 heavy (non-hydrogen) atoms. The van der Waals surface area contributed by atoms with Crippen molar-refractivity contribution in [2.75, 3.05) is 10.3 Å². The molecule has 198 valence electrons. The first-order chi connectivity index (χ1) is 18.4. The summed E-state index contributed by atoms with van der Waals surface area (Å²) in [4.78, 5) is 37.7. The van der Waals surface area contributed by atoms with Crippen LogP contribution in [0.3, 0.4) is 0 Å². The fourth-order valence-electron chi connectivity index (χ4n) is 4.37. The van der Waals surface area contributed by atoms with E-state index in [2.05, 4.69) is 21.2 Å². The van der Waals surface area contributed by atoms with Gasteiger partial charge in [0.05, 0.1) is 16.9 Å². The summed E-state index contributed by atoms with van der Waals surface area (Å²) >= 11 is 0. The second kappa shape index (κ2) is 9.31. The molecule has 1 fully saturated rings. The van der Waals surface area contributed by atoms with Gasteiger partial charge >= 0.3 is 12.2 Å². The first-order valence-corrected chi connectivity index (χ1v) is 11.6. The maximum Gasteiger partial charge on any atom is 0.416 e. The van der Waals surface area contributed by atoms with Crippen molar-refractivity contribution in [1.82, 2.24) is 10.6 Å². The molecule has 4 amide bonds. The van der Waals surface area contributed by atoms with Crippen molar-refractivity contribution in [3.05, 3.63) is 88.1 Å². The first-order valence-electron chi connectivity index (χ1n) is 11.6. The molecule has 0 spiro atoms. The molecule has 5 rings (SSSR count). The molecule has 0 atom stereocenters. The third-order valence-electron chi connectivity index (χ3n) is 6.03. The monoisotopic (exact) mass is 535 g/mol. The van der Waals surface area contributed by atoms with Gasteiger partial charge in [-0.3, -0.25) is 25.2 Å². The van der Waals surface area contributed by atoms with E-state index in [-0.39, 0.29) is 34.1 Å². The van der Waals surface area contributed by atoms with Gasteiger partial charge in [-0.05, 0) is 79.1 Å². The maximum atomic E-state index is 13.5. The third kappa shape index (κ3) is 4.91. The molecule has 0 saturated carbocycles. The van der Waals surface area contributed by atoms with Crippen molar-refractivity contribution in [3.8, 4) is 5.75 Å². The van der Waals surface area contributed by atoms with Crippen LogP contribution in [0.1, 0.15) is 27.8 Å². The second-order valence-corrected chi connectivity index (χ2v) is 9.03. The lowest BCUT2D eigenvalue weighted by molar-refractivity contribution is -0.137. The lowest BCUT2D eigenvalue weighted by Crippen LogP contribution is -2.26. The number of aromatic hydroxyl groups is 1. The zero-order valence-corrected chi connectivity index (χ0v) is 20.5. The average Bonchev–Trinajstić information content (AvgIpc) is 3.30. The zero-order chi connectivity index (χ0) is 28.1. The number of phenols is 1. The van der Waals surface area contributed by atoms with Gasteiger partial charge in [-0.2, -0.15) is 18.3 Å². The number of hydrogen-bond donors (Lipinski definition) is 4. The first kappa shape index (κ1) is 25.5. The summed E-state index contributed by atoms with van der Waals surface area (Å²) in [5.74, 6) is -1.55. The number of anilines is 3. The number of hydrogen-bond acceptors (Lipinski definition) is 6. The minimum absolute atomic E-state index is 0.00165. The SMILES string of the molecule is Cc1cc(C)cc(N2C(=O)C(=NNc3ccc(C=C4NC(=O)NC4=O)cc3O)c3ccc(C(F)(F)F)cc32)c1. The van der Waals surface area contributed by atoms with E-state index in [0.29, 0.717) is 11.3 Å². The minimum atomic E-state index is -4.62. The Morgan fingerprint density at radius 3 is 2.28 bits per heavy atom. The van der Waals surface area contributed by atoms with Gasteiger partial charge in [-0.15, -0.1) is 0 Å². The highest BCUT2D eigenvalue weighted by Gasteiger charge is 2.39. The number of alkyl halides is 3. The van der Waals surface area contributed by atoms with E-state index >= 15 is 0 Å². The number of benzene rings is 3.